The zero-order valence-electron chi connectivity index (χ0n) is 12.7. The van der Waals surface area contributed by atoms with Gasteiger partial charge in [0.2, 0.25) is 5.91 Å². The topological polar surface area (TPSA) is 75.8 Å². The predicted octanol–water partition coefficient (Wildman–Crippen LogP) is 2.15. The summed E-state index contributed by atoms with van der Waals surface area (Å²) in [6.07, 6.45) is 0.630. The molecule has 2 N–H and O–H groups in total. The number of furan rings is 1. The Kier molecular flexibility index (Phi) is 4.62. The molecule has 0 fully saturated rings. The molecule has 2 aromatic heterocycles. The van der Waals surface area contributed by atoms with Gasteiger partial charge in [-0.25, -0.2) is 0 Å². The van der Waals surface area contributed by atoms with Gasteiger partial charge in [-0.15, -0.1) is 0 Å². The fourth-order valence-electron chi connectivity index (χ4n) is 2.28. The molecule has 0 aliphatic rings. The largest absolute Gasteiger partial charge is 0.466 e. The Hall–Kier alpha value is -1.89. The van der Waals surface area contributed by atoms with Crippen molar-refractivity contribution in [3.8, 4) is 0 Å². The number of carbonyl (C=O) groups excluding carboxylic acids is 1. The van der Waals surface area contributed by atoms with Gasteiger partial charge in [0.1, 0.15) is 17.3 Å². The van der Waals surface area contributed by atoms with Crippen LogP contribution in [0.25, 0.3) is 0 Å². The van der Waals surface area contributed by atoms with E-state index >= 15 is 0 Å². The average Bonchev–Trinajstić information content (AvgIpc) is 2.93. The maximum Gasteiger partial charge on any atom is 0.227 e. The molecule has 0 unspecified atom stereocenters. The Bertz CT molecular complexity index is 698. The first-order chi connectivity index (χ1) is 9.90. The van der Waals surface area contributed by atoms with Gasteiger partial charge in [0, 0.05) is 25.6 Å². The number of carbonyl (C=O) groups is 1. The average molecular weight is 308 g/mol. The van der Waals surface area contributed by atoms with Crippen LogP contribution in [0.1, 0.15) is 35.7 Å². The van der Waals surface area contributed by atoms with Crippen LogP contribution in [0, 0.1) is 18.6 Å². The second-order valence-electron chi connectivity index (χ2n) is 5.14. The Labute approximate surface area is 128 Å². The predicted molar refractivity (Wildman–Crippen MR) is 81.7 cm³/mol. The first kappa shape index (κ1) is 15.5. The van der Waals surface area contributed by atoms with Crippen LogP contribution in [-0.4, -0.2) is 27.2 Å². The molecule has 114 valence electrons. The van der Waals surface area contributed by atoms with Crippen LogP contribution in [0.4, 0.5) is 0 Å². The molecule has 0 aliphatic heterocycles. The molecular weight excluding hydrogens is 288 g/mol. The van der Waals surface area contributed by atoms with Gasteiger partial charge in [0.25, 0.3) is 0 Å². The van der Waals surface area contributed by atoms with Crippen molar-refractivity contribution in [3.63, 3.8) is 0 Å². The Morgan fingerprint density at radius 3 is 2.81 bits per heavy atom. The van der Waals surface area contributed by atoms with E-state index in [-0.39, 0.29) is 11.8 Å². The van der Waals surface area contributed by atoms with E-state index in [4.69, 9.17) is 16.6 Å². The van der Waals surface area contributed by atoms with E-state index in [2.05, 4.69) is 15.5 Å². The molecule has 21 heavy (non-hydrogen) atoms. The van der Waals surface area contributed by atoms with Crippen molar-refractivity contribution in [1.82, 2.24) is 20.1 Å². The molecule has 0 spiro atoms. The highest BCUT2D eigenvalue weighted by atomic mass is 32.1. The first-order valence-electron chi connectivity index (χ1n) is 6.85. The van der Waals surface area contributed by atoms with Crippen LogP contribution < -0.4 is 5.32 Å². The van der Waals surface area contributed by atoms with Crippen LogP contribution in [0.5, 0.6) is 0 Å². The van der Waals surface area contributed by atoms with E-state index in [1.807, 2.05) is 33.9 Å². The first-order valence-corrected chi connectivity index (χ1v) is 7.26. The van der Waals surface area contributed by atoms with Crippen molar-refractivity contribution in [3.05, 3.63) is 33.7 Å². The Morgan fingerprint density at radius 2 is 2.29 bits per heavy atom. The molecular formula is C14H20N4O2S. The maximum absolute atomic E-state index is 12.2. The van der Waals surface area contributed by atoms with Gasteiger partial charge in [-0.05, 0) is 39.1 Å². The molecule has 2 aromatic rings. The highest BCUT2D eigenvalue weighted by molar-refractivity contribution is 7.71. The fraction of sp³-hybridized carbons (Fsp3) is 0.500. The third kappa shape index (κ3) is 3.41. The fourth-order valence-corrected chi connectivity index (χ4v) is 2.43. The molecule has 0 saturated carbocycles. The van der Waals surface area contributed by atoms with E-state index in [0.29, 0.717) is 17.7 Å². The van der Waals surface area contributed by atoms with Crippen molar-refractivity contribution in [2.24, 2.45) is 7.05 Å². The van der Waals surface area contributed by atoms with Gasteiger partial charge in [-0.1, -0.05) is 0 Å². The van der Waals surface area contributed by atoms with Gasteiger partial charge < -0.3 is 14.3 Å². The minimum absolute atomic E-state index is 0.0179. The van der Waals surface area contributed by atoms with Crippen molar-refractivity contribution < 1.29 is 9.21 Å². The van der Waals surface area contributed by atoms with Crippen molar-refractivity contribution in [2.75, 3.05) is 6.54 Å². The number of nitrogens with one attached hydrogen (secondary N) is 2. The molecule has 0 saturated heterocycles. The zero-order valence-corrected chi connectivity index (χ0v) is 13.5. The van der Waals surface area contributed by atoms with E-state index in [9.17, 15) is 4.79 Å². The van der Waals surface area contributed by atoms with Crippen LogP contribution in [0.2, 0.25) is 0 Å². The number of aromatic nitrogens is 3. The van der Waals surface area contributed by atoms with Gasteiger partial charge in [-0.3, -0.25) is 9.89 Å². The lowest BCUT2D eigenvalue weighted by Gasteiger charge is -2.11. The standard InChI is InChI=1S/C14H20N4O2S/c1-8-7-11(10(3)20-8)9(2)13(19)15-6-5-12-16-17-14(21)18(12)4/h7,9H,5-6H2,1-4H3,(H,15,19)(H,17,21)/t9-/m1/s1. The lowest BCUT2D eigenvalue weighted by molar-refractivity contribution is -0.122. The smallest absolute Gasteiger partial charge is 0.227 e. The molecule has 1 amide bonds. The van der Waals surface area contributed by atoms with E-state index in [0.717, 1.165) is 22.9 Å². The summed E-state index contributed by atoms with van der Waals surface area (Å²) in [7, 11) is 1.85. The second kappa shape index (κ2) is 6.26. The molecule has 0 bridgehead atoms. The van der Waals surface area contributed by atoms with Gasteiger partial charge in [0.05, 0.1) is 5.92 Å². The van der Waals surface area contributed by atoms with E-state index in [1.54, 1.807) is 4.57 Å². The van der Waals surface area contributed by atoms with Crippen molar-refractivity contribution in [2.45, 2.75) is 33.1 Å². The van der Waals surface area contributed by atoms with Crippen molar-refractivity contribution >= 4 is 18.1 Å². The number of hydrogen-bond acceptors (Lipinski definition) is 4. The summed E-state index contributed by atoms with van der Waals surface area (Å²) in [6, 6.07) is 1.91. The van der Waals surface area contributed by atoms with Crippen LogP contribution in [0.3, 0.4) is 0 Å². The third-order valence-corrected chi connectivity index (χ3v) is 3.92. The van der Waals surface area contributed by atoms with Crippen LogP contribution in [0.15, 0.2) is 10.5 Å². The Balaban J connectivity index is 1.91. The molecule has 0 aliphatic carbocycles. The normalized spacial score (nSPS) is 12.4. The summed E-state index contributed by atoms with van der Waals surface area (Å²) >= 11 is 5.05. The molecule has 0 radical (unpaired) electrons. The number of nitrogens with zero attached hydrogens (tertiary/aromatic N) is 2. The Morgan fingerprint density at radius 1 is 1.57 bits per heavy atom. The zero-order chi connectivity index (χ0) is 15.6. The highest BCUT2D eigenvalue weighted by Crippen LogP contribution is 2.23. The molecule has 0 aromatic carbocycles. The summed E-state index contributed by atoms with van der Waals surface area (Å²) in [4.78, 5) is 12.2. The summed E-state index contributed by atoms with van der Waals surface area (Å²) in [5.74, 6) is 2.19. The number of H-pyrrole nitrogens is 1. The lowest BCUT2D eigenvalue weighted by atomic mass is 10.0. The number of aromatic amines is 1. The number of amides is 1. The minimum atomic E-state index is -0.232. The summed E-state index contributed by atoms with van der Waals surface area (Å²) < 4.78 is 7.85. The molecule has 7 heteroatoms. The summed E-state index contributed by atoms with van der Waals surface area (Å²) in [5.41, 5.74) is 0.933. The molecule has 6 nitrogen and oxygen atoms in total. The van der Waals surface area contributed by atoms with Crippen molar-refractivity contribution in [1.29, 1.82) is 0 Å². The second-order valence-corrected chi connectivity index (χ2v) is 5.52. The van der Waals surface area contributed by atoms with Gasteiger partial charge in [0.15, 0.2) is 4.77 Å². The number of aryl methyl sites for hydroxylation is 2. The SMILES string of the molecule is Cc1cc([C@@H](C)C(=O)NCCc2n[nH]c(=S)n2C)c(C)o1. The third-order valence-electron chi connectivity index (χ3n) is 3.56. The lowest BCUT2D eigenvalue weighted by Crippen LogP contribution is -2.30. The molecule has 2 rings (SSSR count). The van der Waals surface area contributed by atoms with Crippen LogP contribution >= 0.6 is 12.2 Å². The molecule has 1 atom stereocenters. The quantitative estimate of drug-likeness (QED) is 0.830. The van der Waals surface area contributed by atoms with E-state index < -0.39 is 0 Å². The summed E-state index contributed by atoms with van der Waals surface area (Å²) in [5, 5.41) is 9.76. The highest BCUT2D eigenvalue weighted by Gasteiger charge is 2.19. The monoisotopic (exact) mass is 308 g/mol. The molecule has 2 heterocycles. The summed E-state index contributed by atoms with van der Waals surface area (Å²) in [6.45, 7) is 6.15. The van der Waals surface area contributed by atoms with Crippen LogP contribution in [-0.2, 0) is 18.3 Å². The van der Waals surface area contributed by atoms with E-state index in [1.165, 1.54) is 0 Å². The maximum atomic E-state index is 12.2. The van der Waals surface area contributed by atoms with Gasteiger partial charge >= 0.3 is 0 Å². The van der Waals surface area contributed by atoms with Gasteiger partial charge in [-0.2, -0.15) is 5.10 Å². The number of hydrogen-bond donors (Lipinski definition) is 2. The number of rotatable bonds is 5. The minimum Gasteiger partial charge on any atom is -0.466 e.